The Balaban J connectivity index is 2.28. The van der Waals surface area contributed by atoms with Gasteiger partial charge in [-0.25, -0.2) is 0 Å². The van der Waals surface area contributed by atoms with Crippen molar-refractivity contribution in [2.24, 2.45) is 0 Å². The molecule has 1 atom stereocenters. The van der Waals surface area contributed by atoms with Gasteiger partial charge in [0.25, 0.3) is 0 Å². The van der Waals surface area contributed by atoms with Gasteiger partial charge in [-0.1, -0.05) is 35.9 Å². The van der Waals surface area contributed by atoms with Crippen LogP contribution in [0.25, 0.3) is 0 Å². The van der Waals surface area contributed by atoms with Crippen molar-refractivity contribution < 1.29 is 0 Å². The molecule has 0 N–H and O–H groups in total. The zero-order chi connectivity index (χ0) is 14.9. The summed E-state index contributed by atoms with van der Waals surface area (Å²) in [4.78, 5) is 0. The molecule has 2 aromatic rings. The van der Waals surface area contributed by atoms with Gasteiger partial charge in [0.15, 0.2) is 0 Å². The third-order valence-corrected chi connectivity index (χ3v) is 4.41. The summed E-state index contributed by atoms with van der Waals surface area (Å²) in [5.41, 5.74) is 9.17. The Morgan fingerprint density at radius 2 is 1.40 bits per heavy atom. The summed E-state index contributed by atoms with van der Waals surface area (Å²) in [6.07, 6.45) is 0.882. The molecule has 0 radical (unpaired) electrons. The molecule has 0 spiro atoms. The van der Waals surface area contributed by atoms with E-state index in [2.05, 4.69) is 65.0 Å². The van der Waals surface area contributed by atoms with Gasteiger partial charge in [0.2, 0.25) is 0 Å². The van der Waals surface area contributed by atoms with Crippen molar-refractivity contribution in [1.82, 2.24) is 0 Å². The molecule has 0 saturated carbocycles. The van der Waals surface area contributed by atoms with Crippen molar-refractivity contribution in [3.05, 3.63) is 69.3 Å². The smallest absolute Gasteiger partial charge is 0.0630 e. The van der Waals surface area contributed by atoms with Crippen molar-refractivity contribution in [3.63, 3.8) is 0 Å². The number of hydrogen-bond donors (Lipinski definition) is 0. The minimum absolute atomic E-state index is 0.0395. The average Bonchev–Trinajstić information content (AvgIpc) is 2.32. The molecule has 0 heterocycles. The molecular weight excluding hydrogens is 264 g/mol. The number of alkyl halides is 1. The van der Waals surface area contributed by atoms with Gasteiger partial charge in [-0.15, -0.1) is 11.6 Å². The molecule has 0 fully saturated rings. The Hall–Kier alpha value is -1.27. The maximum absolute atomic E-state index is 6.70. The molecular formula is C19H23Cl. The van der Waals surface area contributed by atoms with Crippen LogP contribution >= 0.6 is 11.6 Å². The summed E-state index contributed by atoms with van der Waals surface area (Å²) >= 11 is 6.70. The maximum Gasteiger partial charge on any atom is 0.0630 e. The minimum atomic E-state index is 0.0395. The van der Waals surface area contributed by atoms with Crippen LogP contribution in [0.5, 0.6) is 0 Å². The van der Waals surface area contributed by atoms with Crippen LogP contribution in [0, 0.1) is 34.6 Å². The number of hydrogen-bond acceptors (Lipinski definition) is 0. The molecule has 1 unspecified atom stereocenters. The lowest BCUT2D eigenvalue weighted by Gasteiger charge is -2.17. The van der Waals surface area contributed by atoms with Gasteiger partial charge in [0, 0.05) is 0 Å². The van der Waals surface area contributed by atoms with Crippen LogP contribution in [0.1, 0.15) is 44.3 Å². The van der Waals surface area contributed by atoms with E-state index in [1.165, 1.54) is 38.9 Å². The Bertz CT molecular complexity index is 603. The van der Waals surface area contributed by atoms with Gasteiger partial charge >= 0.3 is 0 Å². The average molecular weight is 287 g/mol. The number of benzene rings is 2. The zero-order valence-corrected chi connectivity index (χ0v) is 13.8. The van der Waals surface area contributed by atoms with Crippen LogP contribution in [0.2, 0.25) is 0 Å². The lowest BCUT2D eigenvalue weighted by molar-refractivity contribution is 0.896. The van der Waals surface area contributed by atoms with E-state index in [-0.39, 0.29) is 5.38 Å². The lowest BCUT2D eigenvalue weighted by Crippen LogP contribution is -2.02. The lowest BCUT2D eigenvalue weighted by atomic mass is 9.93. The molecule has 1 heteroatoms. The fourth-order valence-electron chi connectivity index (χ4n) is 2.92. The third kappa shape index (κ3) is 3.24. The Morgan fingerprint density at radius 1 is 0.800 bits per heavy atom. The van der Waals surface area contributed by atoms with Crippen molar-refractivity contribution >= 4 is 11.6 Å². The quantitative estimate of drug-likeness (QED) is 0.630. The van der Waals surface area contributed by atoms with E-state index >= 15 is 0 Å². The first-order valence-electron chi connectivity index (χ1n) is 7.16. The zero-order valence-electron chi connectivity index (χ0n) is 13.0. The normalized spacial score (nSPS) is 12.5. The molecule has 2 aromatic carbocycles. The Kier molecular flexibility index (Phi) is 4.55. The second kappa shape index (κ2) is 6.01. The van der Waals surface area contributed by atoms with E-state index in [9.17, 15) is 0 Å². The highest BCUT2D eigenvalue weighted by atomic mass is 35.5. The second-order valence-corrected chi connectivity index (χ2v) is 6.43. The van der Waals surface area contributed by atoms with Gasteiger partial charge in [0.1, 0.15) is 0 Å². The summed E-state index contributed by atoms with van der Waals surface area (Å²) in [7, 11) is 0. The predicted octanol–water partition coefficient (Wildman–Crippen LogP) is 5.75. The van der Waals surface area contributed by atoms with Crippen molar-refractivity contribution in [2.45, 2.75) is 46.4 Å². The highest BCUT2D eigenvalue weighted by molar-refractivity contribution is 6.21. The fourth-order valence-corrected chi connectivity index (χ4v) is 3.45. The first-order valence-corrected chi connectivity index (χ1v) is 7.60. The maximum atomic E-state index is 6.70. The van der Waals surface area contributed by atoms with Gasteiger partial charge in [-0.05, 0) is 74.4 Å². The molecule has 0 amide bonds. The molecule has 0 aliphatic carbocycles. The van der Waals surface area contributed by atoms with E-state index in [0.717, 1.165) is 6.42 Å². The van der Waals surface area contributed by atoms with E-state index < -0.39 is 0 Å². The molecule has 0 bridgehead atoms. The predicted molar refractivity (Wildman–Crippen MR) is 88.9 cm³/mol. The summed E-state index contributed by atoms with van der Waals surface area (Å²) in [6.45, 7) is 10.8. The number of rotatable bonds is 3. The molecule has 0 saturated heterocycles. The molecule has 2 rings (SSSR count). The summed E-state index contributed by atoms with van der Waals surface area (Å²) in [5.74, 6) is 0. The SMILES string of the molecule is Cc1cc(C)c(C(Cl)Cc2ccc(C)c(C)c2)c(C)c1. The first-order chi connectivity index (χ1) is 9.38. The van der Waals surface area contributed by atoms with E-state index in [1.807, 2.05) is 0 Å². The van der Waals surface area contributed by atoms with Crippen LogP contribution in [-0.2, 0) is 6.42 Å². The van der Waals surface area contributed by atoms with Crippen LogP contribution in [0.4, 0.5) is 0 Å². The molecule has 20 heavy (non-hydrogen) atoms. The van der Waals surface area contributed by atoms with Crippen molar-refractivity contribution in [1.29, 1.82) is 0 Å². The molecule has 106 valence electrons. The molecule has 0 nitrogen and oxygen atoms in total. The highest BCUT2D eigenvalue weighted by Crippen LogP contribution is 2.31. The number of aryl methyl sites for hydroxylation is 5. The van der Waals surface area contributed by atoms with Crippen LogP contribution in [0.15, 0.2) is 30.3 Å². The molecule has 0 aliphatic heterocycles. The first kappa shape index (κ1) is 15.1. The van der Waals surface area contributed by atoms with Crippen LogP contribution < -0.4 is 0 Å². The number of halogens is 1. The standard InChI is InChI=1S/C19H23Cl/c1-12-8-15(4)19(16(5)9-12)18(20)11-17-7-6-13(2)14(3)10-17/h6-10,18H,11H2,1-5H3. The van der Waals surface area contributed by atoms with E-state index in [1.54, 1.807) is 0 Å². The Morgan fingerprint density at radius 3 is 1.95 bits per heavy atom. The monoisotopic (exact) mass is 286 g/mol. The van der Waals surface area contributed by atoms with Crippen LogP contribution in [-0.4, -0.2) is 0 Å². The Labute approximate surface area is 127 Å². The van der Waals surface area contributed by atoms with E-state index in [4.69, 9.17) is 11.6 Å². The molecule has 0 aliphatic rings. The van der Waals surface area contributed by atoms with Crippen molar-refractivity contribution in [3.8, 4) is 0 Å². The largest absolute Gasteiger partial charge is 0.117 e. The summed E-state index contributed by atoms with van der Waals surface area (Å²) in [5, 5.41) is 0.0395. The third-order valence-electron chi connectivity index (χ3n) is 4.04. The second-order valence-electron chi connectivity index (χ2n) is 5.90. The van der Waals surface area contributed by atoms with E-state index in [0.29, 0.717) is 0 Å². The highest BCUT2D eigenvalue weighted by Gasteiger charge is 2.15. The topological polar surface area (TPSA) is 0 Å². The van der Waals surface area contributed by atoms with Crippen LogP contribution in [0.3, 0.4) is 0 Å². The van der Waals surface area contributed by atoms with Crippen molar-refractivity contribution in [2.75, 3.05) is 0 Å². The summed E-state index contributed by atoms with van der Waals surface area (Å²) < 4.78 is 0. The molecule has 0 aromatic heterocycles. The minimum Gasteiger partial charge on any atom is -0.117 e. The fraction of sp³-hybridized carbons (Fsp3) is 0.368. The van der Waals surface area contributed by atoms with Gasteiger partial charge < -0.3 is 0 Å². The van der Waals surface area contributed by atoms with Gasteiger partial charge in [0.05, 0.1) is 5.38 Å². The van der Waals surface area contributed by atoms with Gasteiger partial charge in [-0.3, -0.25) is 0 Å². The van der Waals surface area contributed by atoms with Gasteiger partial charge in [-0.2, -0.15) is 0 Å². The summed E-state index contributed by atoms with van der Waals surface area (Å²) in [6, 6.07) is 11.1.